The van der Waals surface area contributed by atoms with E-state index in [2.05, 4.69) is 5.10 Å². The zero-order valence-electron chi connectivity index (χ0n) is 10.8. The van der Waals surface area contributed by atoms with Crippen molar-refractivity contribution < 1.29 is 9.90 Å². The Morgan fingerprint density at radius 1 is 1.39 bits per heavy atom. The molecule has 0 aromatic heterocycles. The number of nitrogens with zero attached hydrogens (tertiary/aromatic N) is 2. The number of hydrogen-bond acceptors (Lipinski definition) is 3. The highest BCUT2D eigenvalue weighted by molar-refractivity contribution is 5.98. The first-order valence-electron chi connectivity index (χ1n) is 6.29. The summed E-state index contributed by atoms with van der Waals surface area (Å²) in [6.07, 6.45) is 1.66. The SMILES string of the molecule is CCC1=NN(C(=O)c2ccccc2)C(O)(CC)C1. The molecule has 1 atom stereocenters. The Labute approximate surface area is 107 Å². The van der Waals surface area contributed by atoms with E-state index in [0.717, 1.165) is 12.1 Å². The van der Waals surface area contributed by atoms with E-state index in [1.54, 1.807) is 24.3 Å². The van der Waals surface area contributed by atoms with Crippen molar-refractivity contribution >= 4 is 11.6 Å². The molecule has 0 bridgehead atoms. The van der Waals surface area contributed by atoms with Gasteiger partial charge < -0.3 is 5.11 Å². The molecule has 4 heteroatoms. The number of hydrazone groups is 1. The van der Waals surface area contributed by atoms with Gasteiger partial charge in [-0.2, -0.15) is 10.1 Å². The van der Waals surface area contributed by atoms with Gasteiger partial charge in [-0.25, -0.2) is 0 Å². The van der Waals surface area contributed by atoms with Crippen LogP contribution in [0, 0.1) is 0 Å². The van der Waals surface area contributed by atoms with Gasteiger partial charge >= 0.3 is 0 Å². The van der Waals surface area contributed by atoms with Gasteiger partial charge in [0.1, 0.15) is 0 Å². The van der Waals surface area contributed by atoms with E-state index in [9.17, 15) is 9.90 Å². The molecular formula is C14H18N2O2. The van der Waals surface area contributed by atoms with E-state index in [-0.39, 0.29) is 5.91 Å². The van der Waals surface area contributed by atoms with Crippen molar-refractivity contribution in [2.75, 3.05) is 0 Å². The molecule has 0 radical (unpaired) electrons. The first-order valence-corrected chi connectivity index (χ1v) is 6.29. The van der Waals surface area contributed by atoms with Crippen LogP contribution in [0.4, 0.5) is 0 Å². The minimum absolute atomic E-state index is 0.247. The van der Waals surface area contributed by atoms with E-state index in [1.807, 2.05) is 19.9 Å². The average molecular weight is 246 g/mol. The van der Waals surface area contributed by atoms with E-state index in [4.69, 9.17) is 0 Å². The van der Waals surface area contributed by atoms with Gasteiger partial charge in [-0.05, 0) is 25.0 Å². The van der Waals surface area contributed by atoms with Crippen molar-refractivity contribution in [1.29, 1.82) is 0 Å². The Balaban J connectivity index is 2.31. The van der Waals surface area contributed by atoms with Gasteiger partial charge in [0.25, 0.3) is 5.91 Å². The summed E-state index contributed by atoms with van der Waals surface area (Å²) in [4.78, 5) is 12.3. The second-order valence-corrected chi connectivity index (χ2v) is 4.52. The highest BCUT2D eigenvalue weighted by Gasteiger charge is 2.42. The molecular weight excluding hydrogens is 228 g/mol. The summed E-state index contributed by atoms with van der Waals surface area (Å²) < 4.78 is 0. The third-order valence-corrected chi connectivity index (χ3v) is 3.31. The molecule has 18 heavy (non-hydrogen) atoms. The first kappa shape index (κ1) is 12.8. The van der Waals surface area contributed by atoms with E-state index in [1.165, 1.54) is 5.01 Å². The summed E-state index contributed by atoms with van der Waals surface area (Å²) in [5, 5.41) is 16.0. The van der Waals surface area contributed by atoms with Crippen molar-refractivity contribution in [2.45, 2.75) is 38.8 Å². The molecule has 0 fully saturated rings. The number of amides is 1. The Morgan fingerprint density at radius 3 is 2.61 bits per heavy atom. The monoisotopic (exact) mass is 246 g/mol. The summed E-state index contributed by atoms with van der Waals surface area (Å²) >= 11 is 0. The molecule has 1 heterocycles. The predicted molar refractivity (Wildman–Crippen MR) is 70.2 cm³/mol. The molecule has 0 saturated heterocycles. The molecule has 1 aliphatic rings. The lowest BCUT2D eigenvalue weighted by Gasteiger charge is -2.29. The minimum atomic E-state index is -1.17. The molecule has 0 aliphatic carbocycles. The number of carbonyl (C=O) groups excluding carboxylic acids is 1. The Bertz CT molecular complexity index is 470. The van der Waals surface area contributed by atoms with Crippen LogP contribution in [0.15, 0.2) is 35.4 Å². The normalized spacial score (nSPS) is 23.1. The van der Waals surface area contributed by atoms with Crippen molar-refractivity contribution in [3.8, 4) is 0 Å². The van der Waals surface area contributed by atoms with Crippen molar-refractivity contribution in [1.82, 2.24) is 5.01 Å². The Kier molecular flexibility index (Phi) is 3.48. The third-order valence-electron chi connectivity index (χ3n) is 3.31. The lowest BCUT2D eigenvalue weighted by Crippen LogP contribution is -2.45. The second-order valence-electron chi connectivity index (χ2n) is 4.52. The highest BCUT2D eigenvalue weighted by Crippen LogP contribution is 2.30. The summed E-state index contributed by atoms with van der Waals surface area (Å²) in [7, 11) is 0. The lowest BCUT2D eigenvalue weighted by atomic mass is 10.0. The van der Waals surface area contributed by atoms with E-state index < -0.39 is 5.72 Å². The molecule has 1 N–H and O–H groups in total. The number of aliphatic hydroxyl groups is 1. The molecule has 1 aromatic carbocycles. The standard InChI is InChI=1S/C14H18N2O2/c1-3-12-10-14(18,4-2)16(15-12)13(17)11-8-6-5-7-9-11/h5-9,18H,3-4,10H2,1-2H3. The van der Waals surface area contributed by atoms with Crippen LogP contribution < -0.4 is 0 Å². The summed E-state index contributed by atoms with van der Waals surface area (Å²) in [6.45, 7) is 3.84. The van der Waals surface area contributed by atoms with Crippen molar-refractivity contribution in [2.24, 2.45) is 5.10 Å². The van der Waals surface area contributed by atoms with Crippen LogP contribution >= 0.6 is 0 Å². The molecule has 1 aromatic rings. The summed E-state index contributed by atoms with van der Waals surface area (Å²) in [5.74, 6) is -0.247. The Morgan fingerprint density at radius 2 is 2.06 bits per heavy atom. The minimum Gasteiger partial charge on any atom is -0.369 e. The second kappa shape index (κ2) is 4.90. The van der Waals surface area contributed by atoms with Crippen LogP contribution in [0.1, 0.15) is 43.5 Å². The smallest absolute Gasteiger partial charge is 0.276 e. The molecule has 1 aliphatic heterocycles. The fourth-order valence-corrected chi connectivity index (χ4v) is 2.08. The van der Waals surface area contributed by atoms with Crippen LogP contribution in [0.3, 0.4) is 0 Å². The van der Waals surface area contributed by atoms with E-state index in [0.29, 0.717) is 18.4 Å². The number of hydrogen-bond donors (Lipinski definition) is 1. The molecule has 1 amide bonds. The molecule has 0 spiro atoms. The number of benzene rings is 1. The maximum atomic E-state index is 12.3. The van der Waals surface area contributed by atoms with Gasteiger partial charge in [-0.15, -0.1) is 0 Å². The largest absolute Gasteiger partial charge is 0.369 e. The fourth-order valence-electron chi connectivity index (χ4n) is 2.08. The Hall–Kier alpha value is -1.68. The zero-order chi connectivity index (χ0) is 13.2. The predicted octanol–water partition coefficient (Wildman–Crippen LogP) is 2.40. The van der Waals surface area contributed by atoms with Gasteiger partial charge in [0.05, 0.1) is 0 Å². The summed E-state index contributed by atoms with van der Waals surface area (Å²) in [6, 6.07) is 8.93. The maximum absolute atomic E-state index is 12.3. The van der Waals surface area contributed by atoms with Crippen LogP contribution in [0.25, 0.3) is 0 Å². The highest BCUT2D eigenvalue weighted by atomic mass is 16.3. The van der Waals surface area contributed by atoms with Crippen LogP contribution in [-0.4, -0.2) is 27.5 Å². The van der Waals surface area contributed by atoms with Gasteiger partial charge in [0.15, 0.2) is 5.72 Å². The molecule has 96 valence electrons. The first-order chi connectivity index (χ1) is 8.60. The molecule has 0 saturated carbocycles. The maximum Gasteiger partial charge on any atom is 0.276 e. The van der Waals surface area contributed by atoms with Crippen molar-refractivity contribution in [3.05, 3.63) is 35.9 Å². The lowest BCUT2D eigenvalue weighted by molar-refractivity contribution is -0.0727. The van der Waals surface area contributed by atoms with Crippen LogP contribution in [-0.2, 0) is 0 Å². The number of carbonyl (C=O) groups is 1. The van der Waals surface area contributed by atoms with E-state index >= 15 is 0 Å². The van der Waals surface area contributed by atoms with Gasteiger partial charge in [0, 0.05) is 17.7 Å². The van der Waals surface area contributed by atoms with Gasteiger partial charge in [-0.3, -0.25) is 4.79 Å². The van der Waals surface area contributed by atoms with Crippen LogP contribution in [0.5, 0.6) is 0 Å². The van der Waals surface area contributed by atoms with Crippen LogP contribution in [0.2, 0.25) is 0 Å². The van der Waals surface area contributed by atoms with Gasteiger partial charge in [-0.1, -0.05) is 32.0 Å². The van der Waals surface area contributed by atoms with Crippen molar-refractivity contribution in [3.63, 3.8) is 0 Å². The molecule has 2 rings (SSSR count). The molecule has 1 unspecified atom stereocenters. The quantitative estimate of drug-likeness (QED) is 0.890. The third kappa shape index (κ3) is 2.16. The fraction of sp³-hybridized carbons (Fsp3) is 0.429. The summed E-state index contributed by atoms with van der Waals surface area (Å²) in [5.41, 5.74) is 0.243. The number of rotatable bonds is 3. The molecule has 4 nitrogen and oxygen atoms in total. The topological polar surface area (TPSA) is 52.9 Å². The zero-order valence-corrected chi connectivity index (χ0v) is 10.8. The average Bonchev–Trinajstić information content (AvgIpc) is 2.77. The van der Waals surface area contributed by atoms with Gasteiger partial charge in [0.2, 0.25) is 0 Å².